The fraction of sp³-hybridized carbons (Fsp3) is 0.400. The molecule has 2 heterocycles. The van der Waals surface area contributed by atoms with Crippen LogP contribution in [0.3, 0.4) is 0 Å². The first-order chi connectivity index (χ1) is 23.4. The van der Waals surface area contributed by atoms with Crippen molar-refractivity contribution in [1.29, 1.82) is 0 Å². The van der Waals surface area contributed by atoms with E-state index in [4.69, 9.17) is 14.3 Å². The first-order valence-electron chi connectivity index (χ1n) is 16.0. The third-order valence-electron chi connectivity index (χ3n) is 9.26. The van der Waals surface area contributed by atoms with Gasteiger partial charge in [-0.15, -0.1) is 5.10 Å². The molecule has 258 valence electrons. The smallest absolute Gasteiger partial charge is 0.340 e. The summed E-state index contributed by atoms with van der Waals surface area (Å²) in [6, 6.07) is 10.4. The van der Waals surface area contributed by atoms with Crippen molar-refractivity contribution in [2.75, 3.05) is 12.4 Å². The van der Waals surface area contributed by atoms with E-state index in [1.807, 2.05) is 19.1 Å². The Morgan fingerprint density at radius 2 is 1.76 bits per heavy atom. The Balaban J connectivity index is 1.40. The zero-order chi connectivity index (χ0) is 35.3. The van der Waals surface area contributed by atoms with Gasteiger partial charge < -0.3 is 30.0 Å². The topological polar surface area (TPSA) is 203 Å². The molecule has 1 unspecified atom stereocenters. The number of carboxylic acid groups (broad SMARTS) is 2. The van der Waals surface area contributed by atoms with Crippen LogP contribution in [-0.2, 0) is 37.6 Å². The molecule has 5 rings (SSSR count). The van der Waals surface area contributed by atoms with Crippen LogP contribution in [0.25, 0.3) is 11.0 Å². The highest BCUT2D eigenvalue weighted by molar-refractivity contribution is 5.97. The number of aromatic nitrogens is 3. The predicted octanol–water partition coefficient (Wildman–Crippen LogP) is 4.14. The molecule has 2 aromatic heterocycles. The van der Waals surface area contributed by atoms with Crippen molar-refractivity contribution >= 4 is 40.4 Å². The molecular weight excluding hydrogens is 634 g/mol. The van der Waals surface area contributed by atoms with Crippen LogP contribution in [0, 0.1) is 12.8 Å². The van der Waals surface area contributed by atoms with Crippen LogP contribution in [0.4, 0.5) is 5.69 Å². The van der Waals surface area contributed by atoms with Gasteiger partial charge in [0.15, 0.2) is 0 Å². The van der Waals surface area contributed by atoms with Gasteiger partial charge in [0.1, 0.15) is 23.1 Å². The number of amides is 2. The molecule has 2 aromatic carbocycles. The van der Waals surface area contributed by atoms with E-state index in [0.29, 0.717) is 22.4 Å². The number of aryl methyl sites for hydroxylation is 1. The lowest BCUT2D eigenvalue weighted by Crippen LogP contribution is -2.50. The molecule has 14 nitrogen and oxygen atoms in total. The van der Waals surface area contributed by atoms with Gasteiger partial charge in [-0.25, -0.2) is 9.48 Å². The van der Waals surface area contributed by atoms with E-state index in [9.17, 15) is 29.1 Å². The molecule has 1 aliphatic rings. The highest BCUT2D eigenvalue weighted by Crippen LogP contribution is 2.39. The number of carbonyl (C=O) groups is 4. The maximum atomic E-state index is 13.6. The molecule has 4 N–H and O–H groups in total. The van der Waals surface area contributed by atoms with Crippen molar-refractivity contribution in [3.8, 4) is 5.75 Å². The van der Waals surface area contributed by atoms with Crippen LogP contribution < -0.4 is 21.0 Å². The minimum absolute atomic E-state index is 0.0254. The fourth-order valence-corrected chi connectivity index (χ4v) is 6.51. The zero-order valence-electron chi connectivity index (χ0n) is 27.5. The number of carboxylic acids is 2. The van der Waals surface area contributed by atoms with Gasteiger partial charge in [0.25, 0.3) is 0 Å². The zero-order valence-corrected chi connectivity index (χ0v) is 27.5. The van der Waals surface area contributed by atoms with E-state index in [1.54, 1.807) is 38.3 Å². The number of carbonyl (C=O) groups excluding carboxylic acids is 2. The van der Waals surface area contributed by atoms with Gasteiger partial charge in [-0.3, -0.25) is 19.2 Å². The number of hydrogen-bond donors (Lipinski definition) is 4. The molecule has 0 bridgehead atoms. The lowest BCUT2D eigenvalue weighted by Gasteiger charge is -2.39. The van der Waals surface area contributed by atoms with Gasteiger partial charge in [0.05, 0.1) is 43.7 Å². The molecular formula is C35H39N5O9. The number of benzene rings is 2. The number of methoxy groups -OCH3 is 1. The third kappa shape index (κ3) is 7.96. The number of anilines is 1. The summed E-state index contributed by atoms with van der Waals surface area (Å²) in [5.74, 6) is -2.63. The summed E-state index contributed by atoms with van der Waals surface area (Å²) in [7, 11) is 1.57. The van der Waals surface area contributed by atoms with Crippen molar-refractivity contribution < 1.29 is 38.5 Å². The largest absolute Gasteiger partial charge is 0.497 e. The Labute approximate surface area is 281 Å². The second-order valence-corrected chi connectivity index (χ2v) is 12.6. The monoisotopic (exact) mass is 673 g/mol. The molecule has 0 spiro atoms. The molecule has 2 atom stereocenters. The van der Waals surface area contributed by atoms with E-state index in [-0.39, 0.29) is 35.1 Å². The molecule has 14 heteroatoms. The number of rotatable bonds is 13. The molecule has 2 amide bonds. The van der Waals surface area contributed by atoms with Gasteiger partial charge in [-0.05, 0) is 68.0 Å². The third-order valence-corrected chi connectivity index (χ3v) is 9.26. The summed E-state index contributed by atoms with van der Waals surface area (Å²) in [6.45, 7) is 3.51. The lowest BCUT2D eigenvalue weighted by molar-refractivity contribution is -0.140. The fourth-order valence-electron chi connectivity index (χ4n) is 6.51. The summed E-state index contributed by atoms with van der Waals surface area (Å²) in [5.41, 5.74) is 0.285. The average Bonchev–Trinajstić information content (AvgIpc) is 3.57. The minimum Gasteiger partial charge on any atom is -0.497 e. The molecule has 1 fully saturated rings. The number of nitrogens with zero attached hydrogens (tertiary/aromatic N) is 3. The standard InChI is InChI=1S/C35H39N5O9/c1-20-25-14-11-23(16-28(25)49-34(47)26(20)17-31(42)43)36-33(46)27(18-32(44)45)40-19-29(38-39-40)35(2,22-7-5-4-6-8-22)37-30(41)15-21-9-12-24(48-3)13-10-21/h9-14,16,19,22,27H,4-8,15,17-18H2,1-3H3,(H,36,46)(H,37,41)(H,42,43)(H,44,45)/t27?,35-/m0/s1. The maximum absolute atomic E-state index is 13.6. The van der Waals surface area contributed by atoms with Gasteiger partial charge in [-0.2, -0.15) is 0 Å². The molecule has 1 saturated carbocycles. The van der Waals surface area contributed by atoms with E-state index in [2.05, 4.69) is 20.9 Å². The summed E-state index contributed by atoms with van der Waals surface area (Å²) in [6.07, 6.45) is 5.28. The van der Waals surface area contributed by atoms with E-state index in [0.717, 1.165) is 37.7 Å². The van der Waals surface area contributed by atoms with E-state index in [1.165, 1.54) is 16.9 Å². The van der Waals surface area contributed by atoms with Crippen LogP contribution >= 0.6 is 0 Å². The van der Waals surface area contributed by atoms with E-state index < -0.39 is 47.9 Å². The van der Waals surface area contributed by atoms with Crippen molar-refractivity contribution in [2.45, 2.75) is 76.8 Å². The Kier molecular flexibility index (Phi) is 10.4. The molecule has 0 aliphatic heterocycles. The second kappa shape index (κ2) is 14.7. The van der Waals surface area contributed by atoms with Crippen LogP contribution in [0.5, 0.6) is 5.75 Å². The number of nitrogens with one attached hydrogen (secondary N) is 2. The molecule has 0 radical (unpaired) electrons. The Bertz CT molecular complexity index is 1930. The quantitative estimate of drug-likeness (QED) is 0.149. The second-order valence-electron chi connectivity index (χ2n) is 12.6. The number of aliphatic carboxylic acids is 2. The predicted molar refractivity (Wildman–Crippen MR) is 177 cm³/mol. The SMILES string of the molecule is COc1ccc(CC(=O)N[C@](C)(c2cn(C(CC(=O)O)C(=O)Nc3ccc4c(C)c(CC(=O)O)c(=O)oc4c3)nn2)C2CCCCC2)cc1. The number of fused-ring (bicyclic) bond motifs is 1. The summed E-state index contributed by atoms with van der Waals surface area (Å²) in [5, 5.41) is 33.8. The average molecular weight is 674 g/mol. The van der Waals surface area contributed by atoms with Gasteiger partial charge in [0, 0.05) is 17.1 Å². The first kappa shape index (κ1) is 34.8. The molecule has 1 aliphatic carbocycles. The number of ether oxygens (including phenoxy) is 1. The highest BCUT2D eigenvalue weighted by Gasteiger charge is 2.41. The Morgan fingerprint density at radius 1 is 1.04 bits per heavy atom. The van der Waals surface area contributed by atoms with Gasteiger partial charge in [-0.1, -0.05) is 36.6 Å². The van der Waals surface area contributed by atoms with Crippen molar-refractivity contribution in [3.05, 3.63) is 81.5 Å². The normalized spacial score (nSPS) is 15.2. The first-order valence-corrected chi connectivity index (χ1v) is 16.0. The number of hydrogen-bond acceptors (Lipinski definition) is 9. The Morgan fingerprint density at radius 3 is 2.41 bits per heavy atom. The lowest BCUT2D eigenvalue weighted by atomic mass is 9.74. The molecule has 0 saturated heterocycles. The van der Waals surface area contributed by atoms with Gasteiger partial charge >= 0.3 is 17.6 Å². The van der Waals surface area contributed by atoms with Crippen LogP contribution in [-0.4, -0.2) is 56.1 Å². The van der Waals surface area contributed by atoms with Crippen LogP contribution in [0.1, 0.15) is 73.9 Å². The maximum Gasteiger partial charge on any atom is 0.340 e. The van der Waals surface area contributed by atoms with Crippen molar-refractivity contribution in [2.24, 2.45) is 5.92 Å². The Hall–Kier alpha value is -5.53. The highest BCUT2D eigenvalue weighted by atomic mass is 16.5. The molecule has 49 heavy (non-hydrogen) atoms. The van der Waals surface area contributed by atoms with Crippen LogP contribution in [0.15, 0.2) is 57.9 Å². The van der Waals surface area contributed by atoms with Crippen molar-refractivity contribution in [1.82, 2.24) is 20.3 Å². The molecule has 4 aromatic rings. The minimum atomic E-state index is -1.31. The summed E-state index contributed by atoms with van der Waals surface area (Å²) < 4.78 is 11.8. The van der Waals surface area contributed by atoms with E-state index >= 15 is 0 Å². The van der Waals surface area contributed by atoms with Crippen LogP contribution in [0.2, 0.25) is 0 Å². The van der Waals surface area contributed by atoms with Gasteiger partial charge in [0.2, 0.25) is 11.8 Å². The summed E-state index contributed by atoms with van der Waals surface area (Å²) in [4.78, 5) is 62.6. The van der Waals surface area contributed by atoms with Crippen molar-refractivity contribution in [3.63, 3.8) is 0 Å². The summed E-state index contributed by atoms with van der Waals surface area (Å²) >= 11 is 0.